The van der Waals surface area contributed by atoms with Gasteiger partial charge in [-0.15, -0.1) is 0 Å². The molecule has 6 nitrogen and oxygen atoms in total. The van der Waals surface area contributed by atoms with Crippen LogP contribution >= 0.6 is 0 Å². The van der Waals surface area contributed by atoms with Gasteiger partial charge >= 0.3 is 6.18 Å². The lowest BCUT2D eigenvalue weighted by atomic mass is 9.89. The zero-order valence-corrected chi connectivity index (χ0v) is 12.8. The maximum Gasteiger partial charge on any atom is 0.419 e. The lowest BCUT2D eigenvalue weighted by Gasteiger charge is -2.17. The Balaban J connectivity index is 2.04. The van der Waals surface area contributed by atoms with E-state index in [1.807, 2.05) is 20.8 Å². The highest BCUT2D eigenvalue weighted by atomic mass is 19.4. The van der Waals surface area contributed by atoms with E-state index in [-0.39, 0.29) is 17.8 Å². The molecule has 0 saturated heterocycles. The Bertz CT molecular complexity index is 686. The predicted octanol–water partition coefficient (Wildman–Crippen LogP) is 2.45. The fraction of sp³-hybridized carbons (Fsp3) is 0.429. The van der Waals surface area contributed by atoms with Crippen LogP contribution < -0.4 is 5.32 Å². The van der Waals surface area contributed by atoms with Crippen LogP contribution in [0.5, 0.6) is 0 Å². The molecule has 0 aromatic carbocycles. The second-order valence-corrected chi connectivity index (χ2v) is 5.98. The number of halogens is 3. The molecule has 124 valence electrons. The first-order valence-electron chi connectivity index (χ1n) is 6.79. The minimum Gasteiger partial charge on any atom is -0.345 e. The second kappa shape index (κ2) is 5.98. The lowest BCUT2D eigenvalue weighted by molar-refractivity contribution is -0.138. The SMILES string of the molecule is CC(C)(C)c1[nH]ncc1C(=O)NCc1ncc(C(F)(F)F)cn1. The first kappa shape index (κ1) is 16.9. The standard InChI is InChI=1S/C14H16F3N5O/c1-13(2,3)11-9(6-21-22-11)12(23)20-7-10-18-4-8(5-19-10)14(15,16)17/h4-6H,7H2,1-3H3,(H,20,23)(H,21,22). The summed E-state index contributed by atoms with van der Waals surface area (Å²) in [4.78, 5) is 19.4. The number of H-pyrrole nitrogens is 1. The average Bonchev–Trinajstić information content (AvgIpc) is 2.94. The van der Waals surface area contributed by atoms with Gasteiger partial charge in [-0.05, 0) is 0 Å². The summed E-state index contributed by atoms with van der Waals surface area (Å²) in [6.07, 6.45) is -1.70. The molecule has 0 aliphatic rings. The highest BCUT2D eigenvalue weighted by Gasteiger charge is 2.31. The predicted molar refractivity (Wildman–Crippen MR) is 75.5 cm³/mol. The van der Waals surface area contributed by atoms with E-state index >= 15 is 0 Å². The van der Waals surface area contributed by atoms with Crippen LogP contribution in [0.4, 0.5) is 13.2 Å². The number of hydrogen-bond acceptors (Lipinski definition) is 4. The van der Waals surface area contributed by atoms with Crippen molar-refractivity contribution in [3.8, 4) is 0 Å². The molecule has 23 heavy (non-hydrogen) atoms. The molecule has 2 heterocycles. The molecule has 9 heteroatoms. The van der Waals surface area contributed by atoms with Crippen molar-refractivity contribution in [2.24, 2.45) is 0 Å². The third-order valence-corrected chi connectivity index (χ3v) is 3.07. The van der Waals surface area contributed by atoms with Gasteiger partial charge in [0, 0.05) is 17.8 Å². The van der Waals surface area contributed by atoms with Crippen LogP contribution in [-0.2, 0) is 18.1 Å². The van der Waals surface area contributed by atoms with Crippen molar-refractivity contribution in [1.29, 1.82) is 0 Å². The van der Waals surface area contributed by atoms with Gasteiger partial charge in [-0.3, -0.25) is 9.89 Å². The summed E-state index contributed by atoms with van der Waals surface area (Å²) >= 11 is 0. The first-order valence-corrected chi connectivity index (χ1v) is 6.79. The Morgan fingerprint density at radius 2 is 1.78 bits per heavy atom. The van der Waals surface area contributed by atoms with E-state index in [1.165, 1.54) is 6.20 Å². The van der Waals surface area contributed by atoms with Crippen molar-refractivity contribution in [1.82, 2.24) is 25.5 Å². The molecule has 0 spiro atoms. The summed E-state index contributed by atoms with van der Waals surface area (Å²) in [5, 5.41) is 9.21. The number of carbonyl (C=O) groups excluding carboxylic acids is 1. The van der Waals surface area contributed by atoms with Gasteiger partial charge in [-0.2, -0.15) is 18.3 Å². The van der Waals surface area contributed by atoms with Crippen LogP contribution in [0.25, 0.3) is 0 Å². The van der Waals surface area contributed by atoms with Crippen molar-refractivity contribution >= 4 is 5.91 Å². The Kier molecular flexibility index (Phi) is 4.39. The van der Waals surface area contributed by atoms with Gasteiger partial charge in [0.1, 0.15) is 5.82 Å². The van der Waals surface area contributed by atoms with Gasteiger partial charge in [-0.1, -0.05) is 20.8 Å². The normalized spacial score (nSPS) is 12.3. The van der Waals surface area contributed by atoms with Crippen molar-refractivity contribution in [2.75, 3.05) is 0 Å². The van der Waals surface area contributed by atoms with Gasteiger partial charge in [0.05, 0.1) is 29.6 Å². The molecule has 2 aromatic heterocycles. The number of aromatic nitrogens is 4. The number of hydrogen-bond donors (Lipinski definition) is 2. The number of aromatic amines is 1. The summed E-state index contributed by atoms with van der Waals surface area (Å²) in [6, 6.07) is 0. The maximum atomic E-state index is 12.4. The largest absolute Gasteiger partial charge is 0.419 e. The van der Waals surface area contributed by atoms with E-state index in [1.54, 1.807) is 0 Å². The monoisotopic (exact) mass is 327 g/mol. The van der Waals surface area contributed by atoms with E-state index in [4.69, 9.17) is 0 Å². The molecule has 0 aliphatic carbocycles. The Labute approximate surface area is 130 Å². The van der Waals surface area contributed by atoms with Crippen LogP contribution in [0.1, 0.15) is 48.2 Å². The van der Waals surface area contributed by atoms with Crippen LogP contribution in [0, 0.1) is 0 Å². The number of nitrogens with zero attached hydrogens (tertiary/aromatic N) is 3. The fourth-order valence-corrected chi connectivity index (χ4v) is 1.88. The molecular weight excluding hydrogens is 311 g/mol. The lowest BCUT2D eigenvalue weighted by Crippen LogP contribution is -2.27. The summed E-state index contributed by atoms with van der Waals surface area (Å²) in [5.74, 6) is -0.306. The Morgan fingerprint density at radius 1 is 1.17 bits per heavy atom. The van der Waals surface area contributed by atoms with Gasteiger partial charge < -0.3 is 5.32 Å². The van der Waals surface area contributed by atoms with E-state index < -0.39 is 17.6 Å². The zero-order valence-electron chi connectivity index (χ0n) is 12.8. The molecule has 0 fully saturated rings. The molecule has 0 saturated carbocycles. The fourth-order valence-electron chi connectivity index (χ4n) is 1.88. The average molecular weight is 327 g/mol. The topological polar surface area (TPSA) is 83.6 Å². The van der Waals surface area contributed by atoms with Gasteiger partial charge in [0.2, 0.25) is 0 Å². The minimum absolute atomic E-state index is 0.0776. The zero-order chi connectivity index (χ0) is 17.3. The molecule has 1 amide bonds. The summed E-state index contributed by atoms with van der Waals surface area (Å²) < 4.78 is 37.2. The summed E-state index contributed by atoms with van der Waals surface area (Å²) in [6.45, 7) is 5.70. The van der Waals surface area contributed by atoms with E-state index in [0.717, 1.165) is 0 Å². The number of rotatable bonds is 3. The van der Waals surface area contributed by atoms with Crippen molar-refractivity contribution in [3.63, 3.8) is 0 Å². The smallest absolute Gasteiger partial charge is 0.345 e. The number of nitrogens with one attached hydrogen (secondary N) is 2. The Morgan fingerprint density at radius 3 is 2.30 bits per heavy atom. The molecule has 2 aromatic rings. The maximum absolute atomic E-state index is 12.4. The van der Waals surface area contributed by atoms with E-state index in [2.05, 4.69) is 25.5 Å². The molecule has 0 aliphatic heterocycles. The minimum atomic E-state index is -4.49. The second-order valence-electron chi connectivity index (χ2n) is 5.98. The highest BCUT2D eigenvalue weighted by Crippen LogP contribution is 2.27. The van der Waals surface area contributed by atoms with Crippen molar-refractivity contribution < 1.29 is 18.0 Å². The van der Waals surface area contributed by atoms with Crippen LogP contribution in [0.2, 0.25) is 0 Å². The number of alkyl halides is 3. The van der Waals surface area contributed by atoms with Crippen LogP contribution in [0.15, 0.2) is 18.6 Å². The Hall–Kier alpha value is -2.45. The molecule has 0 bridgehead atoms. The third kappa shape index (κ3) is 4.05. The highest BCUT2D eigenvalue weighted by molar-refractivity contribution is 5.95. The van der Waals surface area contributed by atoms with Gasteiger partial charge in [0.25, 0.3) is 5.91 Å². The van der Waals surface area contributed by atoms with Crippen LogP contribution in [-0.4, -0.2) is 26.1 Å². The summed E-state index contributed by atoms with van der Waals surface area (Å²) in [5.41, 5.74) is -0.182. The van der Waals surface area contributed by atoms with Crippen molar-refractivity contribution in [2.45, 2.75) is 38.9 Å². The molecular formula is C14H16F3N5O. The summed E-state index contributed by atoms with van der Waals surface area (Å²) in [7, 11) is 0. The first-order chi connectivity index (χ1) is 10.6. The number of amides is 1. The quantitative estimate of drug-likeness (QED) is 0.907. The van der Waals surface area contributed by atoms with E-state index in [0.29, 0.717) is 23.7 Å². The van der Waals surface area contributed by atoms with Gasteiger partial charge in [-0.25, -0.2) is 9.97 Å². The van der Waals surface area contributed by atoms with E-state index in [9.17, 15) is 18.0 Å². The number of carbonyl (C=O) groups is 1. The van der Waals surface area contributed by atoms with Crippen molar-refractivity contribution in [3.05, 3.63) is 41.2 Å². The molecule has 2 N–H and O–H groups in total. The molecule has 0 atom stereocenters. The molecule has 2 rings (SSSR count). The third-order valence-electron chi connectivity index (χ3n) is 3.07. The molecule has 0 radical (unpaired) electrons. The van der Waals surface area contributed by atoms with Gasteiger partial charge in [0.15, 0.2) is 0 Å². The molecule has 0 unspecified atom stereocenters. The van der Waals surface area contributed by atoms with Crippen LogP contribution in [0.3, 0.4) is 0 Å².